The third-order valence-electron chi connectivity index (χ3n) is 3.61. The number of benzene rings is 2. The summed E-state index contributed by atoms with van der Waals surface area (Å²) in [4.78, 5) is 8.68. The van der Waals surface area contributed by atoms with E-state index in [1.807, 2.05) is 37.3 Å². The zero-order valence-electron chi connectivity index (χ0n) is 14.0. The van der Waals surface area contributed by atoms with Crippen molar-refractivity contribution in [2.75, 3.05) is 10.6 Å². The first-order valence-corrected chi connectivity index (χ1v) is 7.98. The number of halogens is 3. The van der Waals surface area contributed by atoms with Crippen molar-refractivity contribution in [3.63, 3.8) is 0 Å². The van der Waals surface area contributed by atoms with Crippen molar-refractivity contribution < 1.29 is 13.2 Å². The molecule has 0 amide bonds. The van der Waals surface area contributed by atoms with E-state index in [1.165, 1.54) is 6.07 Å². The van der Waals surface area contributed by atoms with Crippen LogP contribution in [0.3, 0.4) is 0 Å². The van der Waals surface area contributed by atoms with Crippen molar-refractivity contribution in [2.45, 2.75) is 19.6 Å². The fraction of sp³-hybridized carbons (Fsp3) is 0.158. The van der Waals surface area contributed by atoms with Crippen LogP contribution < -0.4 is 10.6 Å². The molecular weight excluding hydrogens is 341 g/mol. The average Bonchev–Trinajstić information content (AvgIpc) is 2.60. The molecule has 0 saturated carbocycles. The van der Waals surface area contributed by atoms with Crippen LogP contribution in [-0.4, -0.2) is 9.97 Å². The Balaban J connectivity index is 1.72. The second kappa shape index (κ2) is 7.43. The highest BCUT2D eigenvalue weighted by molar-refractivity contribution is 5.55. The van der Waals surface area contributed by atoms with Gasteiger partial charge in [-0.05, 0) is 36.8 Å². The third-order valence-corrected chi connectivity index (χ3v) is 3.61. The van der Waals surface area contributed by atoms with Gasteiger partial charge in [0.1, 0.15) is 5.82 Å². The SMILES string of the molecule is Cc1cc(NCc2cccc(C(F)(F)F)c2)nc(Nc2ccccc2)n1. The monoisotopic (exact) mass is 358 g/mol. The highest BCUT2D eigenvalue weighted by Crippen LogP contribution is 2.29. The number of para-hydroxylation sites is 1. The molecule has 0 unspecified atom stereocenters. The second-order valence-electron chi connectivity index (χ2n) is 5.76. The van der Waals surface area contributed by atoms with Gasteiger partial charge in [0.05, 0.1) is 5.56 Å². The number of nitrogens with zero attached hydrogens (tertiary/aromatic N) is 2. The van der Waals surface area contributed by atoms with Gasteiger partial charge in [-0.1, -0.05) is 30.3 Å². The van der Waals surface area contributed by atoms with Crippen molar-refractivity contribution in [1.82, 2.24) is 9.97 Å². The number of aryl methyl sites for hydroxylation is 1. The minimum atomic E-state index is -4.35. The molecule has 0 spiro atoms. The zero-order valence-corrected chi connectivity index (χ0v) is 14.0. The van der Waals surface area contributed by atoms with Crippen molar-refractivity contribution in [3.8, 4) is 0 Å². The van der Waals surface area contributed by atoms with E-state index in [0.717, 1.165) is 23.5 Å². The van der Waals surface area contributed by atoms with Crippen LogP contribution in [0.25, 0.3) is 0 Å². The van der Waals surface area contributed by atoms with Crippen LogP contribution in [0.2, 0.25) is 0 Å². The second-order valence-corrected chi connectivity index (χ2v) is 5.76. The molecule has 0 aliphatic rings. The third kappa shape index (κ3) is 4.72. The molecular formula is C19H17F3N4. The van der Waals surface area contributed by atoms with Crippen molar-refractivity contribution in [3.05, 3.63) is 77.5 Å². The van der Waals surface area contributed by atoms with Gasteiger partial charge >= 0.3 is 6.18 Å². The molecule has 7 heteroatoms. The molecule has 0 aliphatic heterocycles. The minimum Gasteiger partial charge on any atom is -0.366 e. The maximum Gasteiger partial charge on any atom is 0.416 e. The molecule has 2 aromatic carbocycles. The lowest BCUT2D eigenvalue weighted by atomic mass is 10.1. The molecule has 0 aliphatic carbocycles. The molecule has 3 rings (SSSR count). The van der Waals surface area contributed by atoms with Crippen molar-refractivity contribution in [2.24, 2.45) is 0 Å². The average molecular weight is 358 g/mol. The lowest BCUT2D eigenvalue weighted by Crippen LogP contribution is -2.08. The first-order chi connectivity index (χ1) is 12.4. The van der Waals surface area contributed by atoms with Gasteiger partial charge in [-0.2, -0.15) is 18.2 Å². The molecule has 0 radical (unpaired) electrons. The Kier molecular flexibility index (Phi) is 5.06. The van der Waals surface area contributed by atoms with E-state index in [2.05, 4.69) is 20.6 Å². The number of hydrogen-bond acceptors (Lipinski definition) is 4. The highest BCUT2D eigenvalue weighted by Gasteiger charge is 2.30. The number of nitrogens with one attached hydrogen (secondary N) is 2. The van der Waals surface area contributed by atoms with Crippen molar-refractivity contribution in [1.29, 1.82) is 0 Å². The van der Waals surface area contributed by atoms with Gasteiger partial charge in [-0.25, -0.2) is 4.98 Å². The largest absolute Gasteiger partial charge is 0.416 e. The van der Waals surface area contributed by atoms with E-state index in [-0.39, 0.29) is 6.54 Å². The van der Waals surface area contributed by atoms with E-state index in [0.29, 0.717) is 17.3 Å². The molecule has 134 valence electrons. The molecule has 26 heavy (non-hydrogen) atoms. The number of aromatic nitrogens is 2. The molecule has 0 atom stereocenters. The Labute approximate surface area is 149 Å². The lowest BCUT2D eigenvalue weighted by Gasteiger charge is -2.11. The highest BCUT2D eigenvalue weighted by atomic mass is 19.4. The summed E-state index contributed by atoms with van der Waals surface area (Å²) in [7, 11) is 0. The number of rotatable bonds is 5. The summed E-state index contributed by atoms with van der Waals surface area (Å²) in [5, 5.41) is 6.15. The van der Waals surface area contributed by atoms with Crippen LogP contribution in [0, 0.1) is 6.92 Å². The molecule has 1 aromatic heterocycles. The van der Waals surface area contributed by atoms with Crippen LogP contribution in [0.4, 0.5) is 30.6 Å². The Morgan fingerprint density at radius 1 is 0.923 bits per heavy atom. The maximum absolute atomic E-state index is 12.8. The molecule has 4 nitrogen and oxygen atoms in total. The summed E-state index contributed by atoms with van der Waals surface area (Å²) < 4.78 is 38.4. The van der Waals surface area contributed by atoms with Crippen LogP contribution in [-0.2, 0) is 12.7 Å². The quantitative estimate of drug-likeness (QED) is 0.661. The van der Waals surface area contributed by atoms with Crippen LogP contribution in [0.5, 0.6) is 0 Å². The van der Waals surface area contributed by atoms with Gasteiger partial charge < -0.3 is 10.6 Å². The predicted octanol–water partition coefficient (Wildman–Crippen LogP) is 5.16. The topological polar surface area (TPSA) is 49.8 Å². The van der Waals surface area contributed by atoms with E-state index < -0.39 is 11.7 Å². The Hall–Kier alpha value is -3.09. The normalized spacial score (nSPS) is 11.2. The van der Waals surface area contributed by atoms with Gasteiger partial charge in [-0.3, -0.25) is 0 Å². The summed E-state index contributed by atoms with van der Waals surface area (Å²) in [5.41, 5.74) is 1.45. The van der Waals surface area contributed by atoms with Crippen molar-refractivity contribution >= 4 is 17.5 Å². The van der Waals surface area contributed by atoms with Gasteiger partial charge in [0.2, 0.25) is 5.95 Å². The smallest absolute Gasteiger partial charge is 0.366 e. The van der Waals surface area contributed by atoms with Crippen LogP contribution in [0.15, 0.2) is 60.7 Å². The molecule has 0 saturated heterocycles. The molecule has 0 fully saturated rings. The summed E-state index contributed by atoms with van der Waals surface area (Å²) in [6.07, 6.45) is -4.35. The van der Waals surface area contributed by atoms with Crippen LogP contribution in [0.1, 0.15) is 16.8 Å². The Morgan fingerprint density at radius 3 is 2.42 bits per heavy atom. The molecule has 0 bridgehead atoms. The van der Waals surface area contributed by atoms with Gasteiger partial charge in [-0.15, -0.1) is 0 Å². The molecule has 1 heterocycles. The summed E-state index contributed by atoms with van der Waals surface area (Å²) >= 11 is 0. The minimum absolute atomic E-state index is 0.227. The maximum atomic E-state index is 12.8. The molecule has 2 N–H and O–H groups in total. The first-order valence-electron chi connectivity index (χ1n) is 7.98. The first kappa shape index (κ1) is 17.7. The fourth-order valence-electron chi connectivity index (χ4n) is 2.42. The van der Waals surface area contributed by atoms with Gasteiger partial charge in [0, 0.05) is 24.0 Å². The zero-order chi connectivity index (χ0) is 18.6. The van der Waals surface area contributed by atoms with E-state index in [4.69, 9.17) is 0 Å². The van der Waals surface area contributed by atoms with E-state index in [9.17, 15) is 13.2 Å². The van der Waals surface area contributed by atoms with Crippen LogP contribution >= 0.6 is 0 Å². The molecule has 3 aromatic rings. The Bertz CT molecular complexity index is 879. The number of alkyl halides is 3. The Morgan fingerprint density at radius 2 is 1.69 bits per heavy atom. The number of hydrogen-bond donors (Lipinski definition) is 2. The lowest BCUT2D eigenvalue weighted by molar-refractivity contribution is -0.137. The van der Waals surface area contributed by atoms with E-state index >= 15 is 0 Å². The standard InChI is InChI=1S/C19H17F3N4/c1-13-10-17(26-18(24-13)25-16-8-3-2-4-9-16)23-12-14-6-5-7-15(11-14)19(20,21)22/h2-11H,12H2,1H3,(H2,23,24,25,26). The fourth-order valence-corrected chi connectivity index (χ4v) is 2.42. The summed E-state index contributed by atoms with van der Waals surface area (Å²) in [6, 6.07) is 16.4. The van der Waals surface area contributed by atoms with Gasteiger partial charge in [0.25, 0.3) is 0 Å². The number of anilines is 3. The summed E-state index contributed by atoms with van der Waals surface area (Å²) in [6.45, 7) is 2.05. The predicted molar refractivity (Wildman–Crippen MR) is 95.3 cm³/mol. The van der Waals surface area contributed by atoms with E-state index in [1.54, 1.807) is 12.1 Å². The van der Waals surface area contributed by atoms with Gasteiger partial charge in [0.15, 0.2) is 0 Å². The summed E-state index contributed by atoms with van der Waals surface area (Å²) in [5.74, 6) is 0.955.